The highest BCUT2D eigenvalue weighted by Crippen LogP contribution is 2.42. The van der Waals surface area contributed by atoms with Gasteiger partial charge in [0.05, 0.1) is 12.0 Å². The van der Waals surface area contributed by atoms with E-state index >= 15 is 0 Å². The Bertz CT molecular complexity index is 1050. The second kappa shape index (κ2) is 7.75. The minimum absolute atomic E-state index is 0.0866. The third-order valence-electron chi connectivity index (χ3n) is 5.17. The summed E-state index contributed by atoms with van der Waals surface area (Å²) in [5.41, 5.74) is 2.20. The highest BCUT2D eigenvalue weighted by molar-refractivity contribution is 7.15. The molecule has 3 aromatic rings. The van der Waals surface area contributed by atoms with Gasteiger partial charge in [-0.25, -0.2) is 0 Å². The Morgan fingerprint density at radius 2 is 1.76 bits per heavy atom. The lowest BCUT2D eigenvalue weighted by Gasteiger charge is -2.39. The number of nitrogens with zero attached hydrogens (tertiary/aromatic N) is 3. The van der Waals surface area contributed by atoms with E-state index in [1.54, 1.807) is 18.0 Å². The van der Waals surface area contributed by atoms with Gasteiger partial charge >= 0.3 is 0 Å². The van der Waals surface area contributed by atoms with Gasteiger partial charge < -0.3 is 4.90 Å². The maximum Gasteiger partial charge on any atom is 0.254 e. The van der Waals surface area contributed by atoms with Crippen molar-refractivity contribution in [2.75, 3.05) is 12.4 Å². The first-order valence-electron chi connectivity index (χ1n) is 9.52. The van der Waals surface area contributed by atoms with E-state index in [9.17, 15) is 9.59 Å². The molecule has 1 aliphatic heterocycles. The molecule has 29 heavy (non-hydrogen) atoms. The smallest absolute Gasteiger partial charge is 0.254 e. The zero-order chi connectivity index (χ0) is 20.5. The zero-order valence-electron chi connectivity index (χ0n) is 16.5. The minimum atomic E-state index is -0.553. The molecule has 1 aromatic heterocycles. The lowest BCUT2D eigenvalue weighted by Crippen LogP contribution is -2.44. The Labute approximate surface area is 173 Å². The van der Waals surface area contributed by atoms with Crippen molar-refractivity contribution >= 4 is 28.3 Å². The van der Waals surface area contributed by atoms with E-state index in [2.05, 4.69) is 15.5 Å². The molecule has 7 heteroatoms. The van der Waals surface area contributed by atoms with Crippen LogP contribution in [0.2, 0.25) is 0 Å². The van der Waals surface area contributed by atoms with E-state index in [1.165, 1.54) is 11.3 Å². The molecule has 0 fully saturated rings. The summed E-state index contributed by atoms with van der Waals surface area (Å²) in [6.07, 6.45) is 0. The summed E-state index contributed by atoms with van der Waals surface area (Å²) in [5, 5.41) is 12.5. The van der Waals surface area contributed by atoms with Crippen molar-refractivity contribution < 1.29 is 9.59 Å². The van der Waals surface area contributed by atoms with Gasteiger partial charge in [-0.3, -0.25) is 14.9 Å². The fourth-order valence-corrected chi connectivity index (χ4v) is 4.47. The lowest BCUT2D eigenvalue weighted by atomic mass is 9.79. The molecule has 1 aliphatic rings. The lowest BCUT2D eigenvalue weighted by molar-refractivity contribution is -0.119. The average molecular weight is 407 g/mol. The van der Waals surface area contributed by atoms with Crippen LogP contribution in [0.3, 0.4) is 0 Å². The van der Waals surface area contributed by atoms with E-state index in [4.69, 9.17) is 0 Å². The third kappa shape index (κ3) is 3.53. The fourth-order valence-electron chi connectivity index (χ4n) is 3.73. The molecular weight excluding hydrogens is 384 g/mol. The second-order valence-corrected chi connectivity index (χ2v) is 8.44. The SMILES string of the molecule is CC(C)c1nnc(NC(=O)[C@@H]2c3ccccc3C(=O)N(C)[C@H]2c2ccccc2)s1. The van der Waals surface area contributed by atoms with Gasteiger partial charge in [0.25, 0.3) is 5.91 Å². The Morgan fingerprint density at radius 3 is 2.45 bits per heavy atom. The minimum Gasteiger partial charge on any atom is -0.334 e. The predicted octanol–water partition coefficient (Wildman–Crippen LogP) is 4.21. The summed E-state index contributed by atoms with van der Waals surface area (Å²) in [7, 11) is 1.75. The summed E-state index contributed by atoms with van der Waals surface area (Å²) < 4.78 is 0. The molecule has 0 saturated carbocycles. The van der Waals surface area contributed by atoms with E-state index < -0.39 is 12.0 Å². The van der Waals surface area contributed by atoms with Crippen LogP contribution >= 0.6 is 11.3 Å². The normalized spacial score (nSPS) is 18.6. The van der Waals surface area contributed by atoms with Crippen molar-refractivity contribution in [3.8, 4) is 0 Å². The van der Waals surface area contributed by atoms with E-state index in [1.807, 2.05) is 62.4 Å². The van der Waals surface area contributed by atoms with Crippen LogP contribution in [0, 0.1) is 0 Å². The number of benzene rings is 2. The highest BCUT2D eigenvalue weighted by atomic mass is 32.1. The number of hydrogen-bond acceptors (Lipinski definition) is 5. The number of hydrogen-bond donors (Lipinski definition) is 1. The topological polar surface area (TPSA) is 75.2 Å². The number of carbonyl (C=O) groups excluding carboxylic acids is 2. The van der Waals surface area contributed by atoms with Crippen LogP contribution in [0.4, 0.5) is 5.13 Å². The Hall–Kier alpha value is -3.06. The maximum absolute atomic E-state index is 13.4. The van der Waals surface area contributed by atoms with E-state index in [0.717, 1.165) is 16.1 Å². The standard InChI is InChI=1S/C22H22N4O2S/c1-13(2)20-24-25-22(29-20)23-19(27)17-15-11-7-8-12-16(15)21(28)26(3)18(17)14-9-5-4-6-10-14/h4-13,17-18H,1-3H3,(H,23,25,27)/t17-,18+/m1/s1. The Kier molecular flexibility index (Phi) is 5.15. The first-order chi connectivity index (χ1) is 14.0. The van der Waals surface area contributed by atoms with Gasteiger partial charge in [0.15, 0.2) is 0 Å². The van der Waals surface area contributed by atoms with E-state index in [0.29, 0.717) is 10.7 Å². The van der Waals surface area contributed by atoms with Crippen molar-refractivity contribution in [3.05, 3.63) is 76.3 Å². The molecule has 148 valence electrons. The van der Waals surface area contributed by atoms with Crippen LogP contribution in [0.25, 0.3) is 0 Å². The molecule has 6 nitrogen and oxygen atoms in total. The van der Waals surface area contributed by atoms with Crippen LogP contribution < -0.4 is 5.32 Å². The number of carbonyl (C=O) groups is 2. The molecular formula is C22H22N4O2S. The molecule has 0 spiro atoms. The van der Waals surface area contributed by atoms with Crippen molar-refractivity contribution in [2.24, 2.45) is 0 Å². The summed E-state index contributed by atoms with van der Waals surface area (Å²) in [6, 6.07) is 16.6. The van der Waals surface area contributed by atoms with Crippen LogP contribution in [0.5, 0.6) is 0 Å². The van der Waals surface area contributed by atoms with Gasteiger partial charge in [-0.15, -0.1) is 10.2 Å². The molecule has 4 rings (SSSR count). The Balaban J connectivity index is 1.76. The molecule has 2 amide bonds. The van der Waals surface area contributed by atoms with Gasteiger partial charge in [0.2, 0.25) is 11.0 Å². The molecule has 2 atom stereocenters. The third-order valence-corrected chi connectivity index (χ3v) is 6.31. The average Bonchev–Trinajstić information content (AvgIpc) is 3.20. The number of amides is 2. The second-order valence-electron chi connectivity index (χ2n) is 7.43. The van der Waals surface area contributed by atoms with E-state index in [-0.39, 0.29) is 17.7 Å². The number of rotatable bonds is 4. The molecule has 1 N–H and O–H groups in total. The largest absolute Gasteiger partial charge is 0.334 e. The fraction of sp³-hybridized carbons (Fsp3) is 0.273. The van der Waals surface area contributed by atoms with Crippen molar-refractivity contribution in [1.29, 1.82) is 0 Å². The van der Waals surface area contributed by atoms with Crippen molar-refractivity contribution in [2.45, 2.75) is 31.7 Å². The maximum atomic E-state index is 13.4. The number of fused-ring (bicyclic) bond motifs is 1. The summed E-state index contributed by atoms with van der Waals surface area (Å²) in [4.78, 5) is 28.1. The van der Waals surface area contributed by atoms with Gasteiger partial charge in [-0.05, 0) is 17.2 Å². The summed E-state index contributed by atoms with van der Waals surface area (Å²) in [5.74, 6) is -0.592. The molecule has 2 aromatic carbocycles. The van der Waals surface area contributed by atoms with Gasteiger partial charge in [0.1, 0.15) is 5.01 Å². The quantitative estimate of drug-likeness (QED) is 0.704. The number of aromatic nitrogens is 2. The molecule has 2 heterocycles. The van der Waals surface area contributed by atoms with Crippen LogP contribution in [-0.4, -0.2) is 34.0 Å². The monoisotopic (exact) mass is 406 g/mol. The highest BCUT2D eigenvalue weighted by Gasteiger charge is 2.42. The van der Waals surface area contributed by atoms with Crippen molar-refractivity contribution in [1.82, 2.24) is 15.1 Å². The van der Waals surface area contributed by atoms with Crippen LogP contribution in [0.15, 0.2) is 54.6 Å². The Morgan fingerprint density at radius 1 is 1.07 bits per heavy atom. The van der Waals surface area contributed by atoms with Gasteiger partial charge in [-0.2, -0.15) is 0 Å². The first kappa shape index (κ1) is 19.3. The molecule has 0 unspecified atom stereocenters. The molecule has 0 radical (unpaired) electrons. The number of anilines is 1. The zero-order valence-corrected chi connectivity index (χ0v) is 17.3. The van der Waals surface area contributed by atoms with Crippen LogP contribution in [0.1, 0.15) is 58.2 Å². The molecule has 0 aliphatic carbocycles. The number of likely N-dealkylation sites (N-methyl/N-ethyl adjacent to an activating group) is 1. The summed E-state index contributed by atoms with van der Waals surface area (Å²) in [6.45, 7) is 4.07. The van der Waals surface area contributed by atoms with Crippen molar-refractivity contribution in [3.63, 3.8) is 0 Å². The first-order valence-corrected chi connectivity index (χ1v) is 10.3. The molecule has 0 saturated heterocycles. The summed E-state index contributed by atoms with van der Waals surface area (Å²) >= 11 is 1.38. The van der Waals surface area contributed by atoms with Gasteiger partial charge in [-0.1, -0.05) is 73.7 Å². The van der Waals surface area contributed by atoms with Crippen LogP contribution in [-0.2, 0) is 4.79 Å². The molecule has 0 bridgehead atoms. The number of nitrogens with one attached hydrogen (secondary N) is 1. The predicted molar refractivity (Wildman–Crippen MR) is 113 cm³/mol. The van der Waals surface area contributed by atoms with Gasteiger partial charge in [0, 0.05) is 18.5 Å².